The number of rotatable bonds is 2. The quantitative estimate of drug-likeness (QED) is 0.503. The van der Waals surface area contributed by atoms with Gasteiger partial charge in [-0.3, -0.25) is 4.98 Å². The molecule has 4 aromatic rings. The van der Waals surface area contributed by atoms with Gasteiger partial charge in [0.05, 0.1) is 28.5 Å². The SMILES string of the molecule is Cn1ccc2c(-c3ccc(C#N)c(F)c3)c(-c3ccc(C#N)c(F)c3)ncc21. The van der Waals surface area contributed by atoms with E-state index in [1.54, 1.807) is 30.5 Å². The summed E-state index contributed by atoms with van der Waals surface area (Å²) in [5, 5.41) is 18.8. The van der Waals surface area contributed by atoms with E-state index in [0.29, 0.717) is 22.4 Å². The minimum Gasteiger partial charge on any atom is -0.349 e. The molecule has 0 unspecified atom stereocenters. The number of benzene rings is 2. The van der Waals surface area contributed by atoms with Crippen LogP contribution in [0.25, 0.3) is 33.3 Å². The first kappa shape index (κ1) is 17.4. The van der Waals surface area contributed by atoms with Crippen molar-refractivity contribution in [2.75, 3.05) is 0 Å². The van der Waals surface area contributed by atoms with Gasteiger partial charge in [0.25, 0.3) is 0 Å². The fraction of sp³-hybridized carbons (Fsp3) is 0.0455. The Bertz CT molecular complexity index is 1320. The zero-order valence-corrected chi connectivity index (χ0v) is 14.7. The molecule has 0 saturated heterocycles. The first-order chi connectivity index (χ1) is 13.5. The van der Waals surface area contributed by atoms with Crippen molar-refractivity contribution in [3.8, 4) is 34.5 Å². The van der Waals surface area contributed by atoms with Crippen LogP contribution in [0.1, 0.15) is 11.1 Å². The lowest BCUT2D eigenvalue weighted by Crippen LogP contribution is -1.95. The second kappa shape index (κ2) is 6.61. The first-order valence-corrected chi connectivity index (χ1v) is 8.37. The van der Waals surface area contributed by atoms with E-state index in [9.17, 15) is 8.78 Å². The Kier molecular flexibility index (Phi) is 4.10. The van der Waals surface area contributed by atoms with Crippen LogP contribution in [0.15, 0.2) is 54.9 Å². The van der Waals surface area contributed by atoms with E-state index in [2.05, 4.69) is 4.98 Å². The number of pyridine rings is 1. The molecule has 0 amide bonds. The molecule has 0 saturated carbocycles. The van der Waals surface area contributed by atoms with E-state index in [1.807, 2.05) is 23.9 Å². The molecular formula is C22H12F2N4. The van der Waals surface area contributed by atoms with Gasteiger partial charge in [-0.1, -0.05) is 12.1 Å². The number of nitrogens with zero attached hydrogens (tertiary/aromatic N) is 4. The molecule has 0 fully saturated rings. The van der Waals surface area contributed by atoms with Crippen molar-refractivity contribution in [3.05, 3.63) is 77.6 Å². The van der Waals surface area contributed by atoms with E-state index < -0.39 is 11.6 Å². The van der Waals surface area contributed by atoms with Crippen LogP contribution in [0.3, 0.4) is 0 Å². The second-order valence-electron chi connectivity index (χ2n) is 6.32. The van der Waals surface area contributed by atoms with Crippen molar-refractivity contribution >= 4 is 10.9 Å². The molecule has 0 spiro atoms. The average Bonchev–Trinajstić information content (AvgIpc) is 3.08. The molecule has 134 valence electrons. The first-order valence-electron chi connectivity index (χ1n) is 8.37. The number of nitriles is 2. The van der Waals surface area contributed by atoms with Gasteiger partial charge in [-0.15, -0.1) is 0 Å². The van der Waals surface area contributed by atoms with Gasteiger partial charge in [0.1, 0.15) is 23.8 Å². The van der Waals surface area contributed by atoms with Crippen LogP contribution in [-0.2, 0) is 7.05 Å². The number of aromatic nitrogens is 2. The highest BCUT2D eigenvalue weighted by molar-refractivity contribution is 6.01. The molecular weight excluding hydrogens is 358 g/mol. The number of hydrogen-bond donors (Lipinski definition) is 0. The summed E-state index contributed by atoms with van der Waals surface area (Å²) in [5.41, 5.74) is 2.82. The Morgan fingerprint density at radius 2 is 1.50 bits per heavy atom. The van der Waals surface area contributed by atoms with E-state index in [0.717, 1.165) is 10.9 Å². The predicted molar refractivity (Wildman–Crippen MR) is 101 cm³/mol. The van der Waals surface area contributed by atoms with E-state index in [4.69, 9.17) is 10.5 Å². The Hall–Kier alpha value is -4.03. The third kappa shape index (κ3) is 2.69. The fourth-order valence-electron chi connectivity index (χ4n) is 3.26. The molecule has 0 N–H and O–H groups in total. The molecule has 2 aromatic carbocycles. The van der Waals surface area contributed by atoms with Crippen molar-refractivity contribution in [1.29, 1.82) is 10.5 Å². The van der Waals surface area contributed by atoms with Crippen molar-refractivity contribution in [1.82, 2.24) is 9.55 Å². The maximum atomic E-state index is 14.3. The van der Waals surface area contributed by atoms with E-state index in [1.165, 1.54) is 24.3 Å². The number of aryl methyl sites for hydroxylation is 1. The molecule has 2 aromatic heterocycles. The van der Waals surface area contributed by atoms with Crippen LogP contribution in [0.4, 0.5) is 8.78 Å². The Morgan fingerprint density at radius 1 is 0.893 bits per heavy atom. The maximum absolute atomic E-state index is 14.3. The molecule has 0 aliphatic heterocycles. The third-order valence-electron chi connectivity index (χ3n) is 4.68. The molecule has 4 rings (SSSR count). The highest BCUT2D eigenvalue weighted by atomic mass is 19.1. The molecule has 0 bridgehead atoms. The number of halogens is 2. The molecule has 28 heavy (non-hydrogen) atoms. The van der Waals surface area contributed by atoms with Gasteiger partial charge < -0.3 is 4.57 Å². The van der Waals surface area contributed by atoms with Gasteiger partial charge in [-0.2, -0.15) is 10.5 Å². The monoisotopic (exact) mass is 370 g/mol. The average molecular weight is 370 g/mol. The van der Waals surface area contributed by atoms with Crippen LogP contribution < -0.4 is 0 Å². The second-order valence-corrected chi connectivity index (χ2v) is 6.32. The minimum atomic E-state index is -0.646. The van der Waals surface area contributed by atoms with Gasteiger partial charge in [0, 0.05) is 29.8 Å². The van der Waals surface area contributed by atoms with Crippen molar-refractivity contribution in [2.24, 2.45) is 7.05 Å². The van der Waals surface area contributed by atoms with Crippen LogP contribution in [0.2, 0.25) is 0 Å². The zero-order valence-electron chi connectivity index (χ0n) is 14.7. The summed E-state index contributed by atoms with van der Waals surface area (Å²) in [5.74, 6) is -1.28. The van der Waals surface area contributed by atoms with Gasteiger partial charge in [0.15, 0.2) is 0 Å². The Labute approximate surface area is 159 Å². The number of fused-ring (bicyclic) bond motifs is 1. The zero-order chi connectivity index (χ0) is 19.8. The smallest absolute Gasteiger partial charge is 0.141 e. The summed E-state index contributed by atoms with van der Waals surface area (Å²) >= 11 is 0. The number of hydrogen-bond acceptors (Lipinski definition) is 3. The molecule has 6 heteroatoms. The molecule has 2 heterocycles. The highest BCUT2D eigenvalue weighted by Gasteiger charge is 2.17. The lowest BCUT2D eigenvalue weighted by Gasteiger charge is -2.12. The van der Waals surface area contributed by atoms with E-state index in [-0.39, 0.29) is 11.1 Å². The third-order valence-corrected chi connectivity index (χ3v) is 4.68. The normalized spacial score (nSPS) is 10.6. The van der Waals surface area contributed by atoms with Crippen molar-refractivity contribution in [3.63, 3.8) is 0 Å². The predicted octanol–water partition coefficient (Wildman–Crippen LogP) is 4.93. The lowest BCUT2D eigenvalue weighted by atomic mass is 9.95. The minimum absolute atomic E-state index is 0.0529. The van der Waals surface area contributed by atoms with Crippen LogP contribution in [0.5, 0.6) is 0 Å². The van der Waals surface area contributed by atoms with Crippen LogP contribution in [-0.4, -0.2) is 9.55 Å². The summed E-state index contributed by atoms with van der Waals surface area (Å²) in [7, 11) is 1.87. The maximum Gasteiger partial charge on any atom is 0.141 e. The van der Waals surface area contributed by atoms with Gasteiger partial charge >= 0.3 is 0 Å². The van der Waals surface area contributed by atoms with Crippen LogP contribution >= 0.6 is 0 Å². The molecule has 0 aliphatic rings. The summed E-state index contributed by atoms with van der Waals surface area (Å²) < 4.78 is 30.4. The summed E-state index contributed by atoms with van der Waals surface area (Å²) in [6.45, 7) is 0. The largest absolute Gasteiger partial charge is 0.349 e. The summed E-state index contributed by atoms with van der Waals surface area (Å²) in [6, 6.07) is 14.1. The molecule has 0 aliphatic carbocycles. The summed E-state index contributed by atoms with van der Waals surface area (Å²) in [4.78, 5) is 4.50. The molecule has 0 radical (unpaired) electrons. The van der Waals surface area contributed by atoms with Crippen LogP contribution in [0, 0.1) is 34.3 Å². The van der Waals surface area contributed by atoms with Crippen molar-refractivity contribution in [2.45, 2.75) is 0 Å². The molecule has 0 atom stereocenters. The van der Waals surface area contributed by atoms with Gasteiger partial charge in [-0.05, 0) is 35.9 Å². The standard InChI is InChI=1S/C22H12F2N4/c1-28-7-6-17-20(28)12-27-22(14-3-5-16(11-26)19(24)9-14)21(17)13-2-4-15(10-25)18(23)8-13/h2-9,12H,1H3. The summed E-state index contributed by atoms with van der Waals surface area (Å²) in [6.07, 6.45) is 3.53. The Balaban J connectivity index is 2.04. The molecule has 4 nitrogen and oxygen atoms in total. The Morgan fingerprint density at radius 3 is 2.11 bits per heavy atom. The van der Waals surface area contributed by atoms with E-state index >= 15 is 0 Å². The topological polar surface area (TPSA) is 65.4 Å². The van der Waals surface area contributed by atoms with Gasteiger partial charge in [0.2, 0.25) is 0 Å². The van der Waals surface area contributed by atoms with Gasteiger partial charge in [-0.25, -0.2) is 8.78 Å². The van der Waals surface area contributed by atoms with Crippen molar-refractivity contribution < 1.29 is 8.78 Å². The highest BCUT2D eigenvalue weighted by Crippen LogP contribution is 2.37. The lowest BCUT2D eigenvalue weighted by molar-refractivity contribution is 0.624. The fourth-order valence-corrected chi connectivity index (χ4v) is 3.26.